The van der Waals surface area contributed by atoms with Crippen LogP contribution >= 0.6 is 11.6 Å². The van der Waals surface area contributed by atoms with E-state index in [-0.39, 0.29) is 18.2 Å². The van der Waals surface area contributed by atoms with Crippen molar-refractivity contribution in [3.8, 4) is 0 Å². The smallest absolute Gasteiger partial charge is 0.251 e. The maximum Gasteiger partial charge on any atom is 0.251 e. The number of halogens is 1. The van der Waals surface area contributed by atoms with Crippen LogP contribution in [0.1, 0.15) is 12.1 Å². The normalized spacial score (nSPS) is 17.8. The molecule has 1 aromatic heterocycles. The van der Waals surface area contributed by atoms with Gasteiger partial charge in [0.1, 0.15) is 0 Å². The molecule has 1 aliphatic heterocycles. The summed E-state index contributed by atoms with van der Waals surface area (Å²) < 4.78 is 0. The fourth-order valence-corrected chi connectivity index (χ4v) is 2.70. The van der Waals surface area contributed by atoms with Crippen molar-refractivity contribution in [3.63, 3.8) is 0 Å². The summed E-state index contributed by atoms with van der Waals surface area (Å²) in [6.45, 7) is 0.592. The summed E-state index contributed by atoms with van der Waals surface area (Å²) in [4.78, 5) is 30.0. The first-order chi connectivity index (χ1) is 11.1. The Morgan fingerprint density at radius 3 is 2.65 bits per heavy atom. The van der Waals surface area contributed by atoms with Crippen molar-refractivity contribution >= 4 is 29.1 Å². The van der Waals surface area contributed by atoms with E-state index in [1.165, 1.54) is 4.90 Å². The monoisotopic (exact) mass is 329 g/mol. The molecule has 2 aromatic rings. The average molecular weight is 330 g/mol. The van der Waals surface area contributed by atoms with Crippen molar-refractivity contribution in [2.45, 2.75) is 18.9 Å². The average Bonchev–Trinajstić information content (AvgIpc) is 2.84. The lowest BCUT2D eigenvalue weighted by molar-refractivity contribution is -0.121. The zero-order valence-electron chi connectivity index (χ0n) is 12.4. The number of carbonyl (C=O) groups is 2. The van der Waals surface area contributed by atoms with Crippen LogP contribution in [0, 0.1) is 0 Å². The standard InChI is InChI=1S/C17H16ClN3O2/c18-12-4-6-14(7-5-12)21-16(22)11-15(17(21)23)20-10-8-13-3-1-2-9-19-13/h1-7,9,15,20H,8,10-11H2/t15-/m1/s1. The molecule has 0 aliphatic carbocycles. The van der Waals surface area contributed by atoms with Gasteiger partial charge in [0.15, 0.2) is 0 Å². The topological polar surface area (TPSA) is 62.3 Å². The molecule has 0 radical (unpaired) electrons. The van der Waals surface area contributed by atoms with Crippen LogP contribution in [-0.2, 0) is 16.0 Å². The third-order valence-corrected chi connectivity index (χ3v) is 3.98. The highest BCUT2D eigenvalue weighted by Gasteiger charge is 2.39. The first kappa shape index (κ1) is 15.6. The molecule has 3 rings (SSSR count). The number of carbonyl (C=O) groups excluding carboxylic acids is 2. The molecule has 1 aromatic carbocycles. The largest absolute Gasteiger partial charge is 0.305 e. The summed E-state index contributed by atoms with van der Waals surface area (Å²) in [5.74, 6) is -0.425. The minimum Gasteiger partial charge on any atom is -0.305 e. The van der Waals surface area contributed by atoms with Gasteiger partial charge in [0.2, 0.25) is 5.91 Å². The molecule has 1 aliphatic rings. The van der Waals surface area contributed by atoms with Gasteiger partial charge >= 0.3 is 0 Å². The van der Waals surface area contributed by atoms with Crippen molar-refractivity contribution < 1.29 is 9.59 Å². The highest BCUT2D eigenvalue weighted by molar-refractivity contribution is 6.30. The predicted octanol–water partition coefficient (Wildman–Crippen LogP) is 2.20. The van der Waals surface area contributed by atoms with Crippen LogP contribution in [0.5, 0.6) is 0 Å². The molecule has 1 saturated heterocycles. The van der Waals surface area contributed by atoms with Crippen LogP contribution in [0.3, 0.4) is 0 Å². The Morgan fingerprint density at radius 1 is 1.17 bits per heavy atom. The van der Waals surface area contributed by atoms with E-state index in [0.717, 1.165) is 5.69 Å². The number of hydrogen-bond acceptors (Lipinski definition) is 4. The van der Waals surface area contributed by atoms with Gasteiger partial charge in [-0.25, -0.2) is 4.90 Å². The Morgan fingerprint density at radius 2 is 1.96 bits per heavy atom. The van der Waals surface area contributed by atoms with Gasteiger partial charge in [-0.15, -0.1) is 0 Å². The van der Waals surface area contributed by atoms with Gasteiger partial charge in [-0.3, -0.25) is 14.6 Å². The van der Waals surface area contributed by atoms with Crippen LogP contribution in [0.25, 0.3) is 0 Å². The summed E-state index contributed by atoms with van der Waals surface area (Å²) in [6.07, 6.45) is 2.62. The number of benzene rings is 1. The van der Waals surface area contributed by atoms with E-state index in [9.17, 15) is 9.59 Å². The molecule has 1 N–H and O–H groups in total. The number of aromatic nitrogens is 1. The van der Waals surface area contributed by atoms with Gasteiger partial charge in [0.05, 0.1) is 18.2 Å². The second kappa shape index (κ2) is 6.89. The molecule has 23 heavy (non-hydrogen) atoms. The third-order valence-electron chi connectivity index (χ3n) is 3.73. The lowest BCUT2D eigenvalue weighted by atomic mass is 10.2. The first-order valence-electron chi connectivity index (χ1n) is 7.41. The molecule has 2 heterocycles. The van der Waals surface area contributed by atoms with Crippen LogP contribution < -0.4 is 10.2 Å². The molecule has 1 fully saturated rings. The maximum absolute atomic E-state index is 12.4. The van der Waals surface area contributed by atoms with Gasteiger partial charge in [-0.2, -0.15) is 0 Å². The van der Waals surface area contributed by atoms with Gasteiger partial charge in [-0.1, -0.05) is 17.7 Å². The summed E-state index contributed by atoms with van der Waals surface area (Å²) >= 11 is 5.84. The van der Waals surface area contributed by atoms with Crippen LogP contribution in [0.4, 0.5) is 5.69 Å². The van der Waals surface area contributed by atoms with E-state index >= 15 is 0 Å². The molecule has 0 bridgehead atoms. The molecule has 118 valence electrons. The number of hydrogen-bond donors (Lipinski definition) is 1. The quantitative estimate of drug-likeness (QED) is 0.854. The lowest BCUT2D eigenvalue weighted by Crippen LogP contribution is -2.39. The Balaban J connectivity index is 1.61. The minimum atomic E-state index is -0.484. The molecule has 0 saturated carbocycles. The van der Waals surface area contributed by atoms with E-state index in [0.29, 0.717) is 23.7 Å². The summed E-state index contributed by atoms with van der Waals surface area (Å²) in [7, 11) is 0. The van der Waals surface area contributed by atoms with Crippen molar-refractivity contribution in [3.05, 3.63) is 59.4 Å². The van der Waals surface area contributed by atoms with Crippen molar-refractivity contribution in [2.75, 3.05) is 11.4 Å². The van der Waals surface area contributed by atoms with Gasteiger partial charge in [0, 0.05) is 29.9 Å². The maximum atomic E-state index is 12.4. The Labute approximate surface area is 139 Å². The van der Waals surface area contributed by atoms with Crippen LogP contribution in [0.15, 0.2) is 48.7 Å². The fraction of sp³-hybridized carbons (Fsp3) is 0.235. The van der Waals surface area contributed by atoms with Gasteiger partial charge < -0.3 is 5.32 Å². The second-order valence-corrected chi connectivity index (χ2v) is 5.76. The van der Waals surface area contributed by atoms with E-state index in [2.05, 4.69) is 10.3 Å². The van der Waals surface area contributed by atoms with E-state index in [1.807, 2.05) is 18.2 Å². The predicted molar refractivity (Wildman–Crippen MR) is 88.3 cm³/mol. The Bertz CT molecular complexity index is 704. The summed E-state index contributed by atoms with van der Waals surface area (Å²) in [5, 5.41) is 3.71. The number of anilines is 1. The molecule has 0 unspecified atom stereocenters. The minimum absolute atomic E-state index is 0.170. The third kappa shape index (κ3) is 3.57. The van der Waals surface area contributed by atoms with Crippen molar-refractivity contribution in [2.24, 2.45) is 0 Å². The molecule has 0 spiro atoms. The number of pyridine rings is 1. The molecule has 2 amide bonds. The second-order valence-electron chi connectivity index (χ2n) is 5.33. The summed E-state index contributed by atoms with van der Waals surface area (Å²) in [6, 6.07) is 11.9. The lowest BCUT2D eigenvalue weighted by Gasteiger charge is -2.15. The number of nitrogens with zero attached hydrogens (tertiary/aromatic N) is 2. The Kier molecular flexibility index (Phi) is 4.69. The van der Waals surface area contributed by atoms with Crippen LogP contribution in [0.2, 0.25) is 5.02 Å². The zero-order chi connectivity index (χ0) is 16.2. The highest BCUT2D eigenvalue weighted by atomic mass is 35.5. The number of amides is 2. The van der Waals surface area contributed by atoms with Crippen molar-refractivity contribution in [1.82, 2.24) is 10.3 Å². The SMILES string of the molecule is O=C1C[C@@H](NCCc2ccccn2)C(=O)N1c1ccc(Cl)cc1. The zero-order valence-corrected chi connectivity index (χ0v) is 13.2. The van der Waals surface area contributed by atoms with Crippen LogP contribution in [-0.4, -0.2) is 29.4 Å². The Hall–Kier alpha value is -2.24. The van der Waals surface area contributed by atoms with Gasteiger partial charge in [0.25, 0.3) is 5.91 Å². The highest BCUT2D eigenvalue weighted by Crippen LogP contribution is 2.24. The van der Waals surface area contributed by atoms with E-state index < -0.39 is 6.04 Å². The molecular formula is C17H16ClN3O2. The molecule has 1 atom stereocenters. The molecule has 6 heteroatoms. The fourth-order valence-electron chi connectivity index (χ4n) is 2.57. The molecular weight excluding hydrogens is 314 g/mol. The number of imide groups is 1. The van der Waals surface area contributed by atoms with Crippen molar-refractivity contribution in [1.29, 1.82) is 0 Å². The number of rotatable bonds is 5. The summed E-state index contributed by atoms with van der Waals surface area (Å²) in [5.41, 5.74) is 1.50. The molecule has 5 nitrogen and oxygen atoms in total. The van der Waals surface area contributed by atoms with Gasteiger partial charge in [-0.05, 0) is 36.4 Å². The number of nitrogens with one attached hydrogen (secondary N) is 1. The first-order valence-corrected chi connectivity index (χ1v) is 7.78. The van der Waals surface area contributed by atoms with E-state index in [1.54, 1.807) is 30.5 Å². The van der Waals surface area contributed by atoms with E-state index in [4.69, 9.17) is 11.6 Å².